The molecule has 0 saturated carbocycles. The summed E-state index contributed by atoms with van der Waals surface area (Å²) < 4.78 is 51.0. The summed E-state index contributed by atoms with van der Waals surface area (Å²) in [4.78, 5) is 0. The molecule has 1 aliphatic heterocycles. The Labute approximate surface area is 108 Å². The minimum absolute atomic E-state index is 0.0898. The van der Waals surface area contributed by atoms with Crippen molar-refractivity contribution in [2.24, 2.45) is 5.73 Å². The van der Waals surface area contributed by atoms with Crippen molar-refractivity contribution < 1.29 is 27.4 Å². The van der Waals surface area contributed by atoms with E-state index in [0.717, 1.165) is 6.42 Å². The third-order valence-electron chi connectivity index (χ3n) is 2.76. The fourth-order valence-corrected chi connectivity index (χ4v) is 1.89. The second kappa shape index (κ2) is 5.36. The zero-order chi connectivity index (χ0) is 13.9. The van der Waals surface area contributed by atoms with Crippen molar-refractivity contribution in [1.29, 1.82) is 0 Å². The van der Waals surface area contributed by atoms with Crippen molar-refractivity contribution >= 4 is 0 Å². The minimum Gasteiger partial charge on any atom is -0.406 e. The molecule has 1 aromatic carbocycles. The molecule has 0 spiro atoms. The first-order chi connectivity index (χ1) is 8.95. The number of hydrogen-bond acceptors (Lipinski definition) is 4. The van der Waals surface area contributed by atoms with Crippen LogP contribution in [0.4, 0.5) is 13.2 Å². The first-order valence-corrected chi connectivity index (χ1v) is 5.79. The number of rotatable bonds is 3. The van der Waals surface area contributed by atoms with E-state index in [1.165, 1.54) is 24.3 Å². The summed E-state index contributed by atoms with van der Waals surface area (Å²) in [6.45, 7) is 1.09. The van der Waals surface area contributed by atoms with Crippen molar-refractivity contribution in [1.82, 2.24) is 0 Å². The summed E-state index contributed by atoms with van der Waals surface area (Å²) in [6, 6.07) is 5.33. The molecule has 1 fully saturated rings. The molecule has 1 heterocycles. The quantitative estimate of drug-likeness (QED) is 0.919. The van der Waals surface area contributed by atoms with Gasteiger partial charge in [0.2, 0.25) is 5.79 Å². The van der Waals surface area contributed by atoms with Gasteiger partial charge in [0.1, 0.15) is 5.75 Å². The molecule has 0 bridgehead atoms. The molecule has 0 radical (unpaired) electrons. The molecule has 1 aromatic rings. The average Bonchev–Trinajstić information content (AvgIpc) is 2.38. The highest BCUT2D eigenvalue weighted by atomic mass is 19.4. The van der Waals surface area contributed by atoms with Gasteiger partial charge >= 0.3 is 6.36 Å². The second-order valence-corrected chi connectivity index (χ2v) is 4.08. The average molecular weight is 277 g/mol. The lowest BCUT2D eigenvalue weighted by atomic mass is 10.0. The summed E-state index contributed by atoms with van der Waals surface area (Å²) >= 11 is 0. The highest BCUT2D eigenvalue weighted by molar-refractivity contribution is 5.30. The minimum atomic E-state index is -4.70. The second-order valence-electron chi connectivity index (χ2n) is 4.08. The summed E-state index contributed by atoms with van der Waals surface area (Å²) in [6.07, 6.45) is -3.94. The first-order valence-electron chi connectivity index (χ1n) is 5.79. The van der Waals surface area contributed by atoms with Crippen molar-refractivity contribution in [2.75, 3.05) is 19.8 Å². The molecule has 0 aliphatic carbocycles. The Morgan fingerprint density at radius 2 is 1.74 bits per heavy atom. The molecular formula is C12H14F3NO3. The van der Waals surface area contributed by atoms with Gasteiger partial charge in [-0.3, -0.25) is 0 Å². The van der Waals surface area contributed by atoms with Gasteiger partial charge in [0.25, 0.3) is 0 Å². The van der Waals surface area contributed by atoms with E-state index in [9.17, 15) is 13.2 Å². The first kappa shape index (κ1) is 14.1. The molecule has 0 amide bonds. The summed E-state index contributed by atoms with van der Waals surface area (Å²) in [5.74, 6) is -1.37. The van der Waals surface area contributed by atoms with Gasteiger partial charge in [-0.1, -0.05) is 0 Å². The molecule has 4 nitrogen and oxygen atoms in total. The number of nitrogens with two attached hydrogens (primary N) is 1. The standard InChI is InChI=1S/C12H14F3NO3/c13-12(14,15)19-10-4-2-9(3-5-10)11(8-16)17-6-1-7-18-11/h2-5H,1,6-8,16H2. The number of benzene rings is 1. The zero-order valence-corrected chi connectivity index (χ0v) is 10.1. The van der Waals surface area contributed by atoms with Crippen molar-refractivity contribution in [2.45, 2.75) is 18.6 Å². The molecule has 7 heteroatoms. The van der Waals surface area contributed by atoms with Gasteiger partial charge in [0.15, 0.2) is 0 Å². The maximum Gasteiger partial charge on any atom is 0.573 e. The number of halogens is 3. The van der Waals surface area contributed by atoms with E-state index in [0.29, 0.717) is 18.8 Å². The molecule has 1 saturated heterocycles. The zero-order valence-electron chi connectivity index (χ0n) is 10.1. The highest BCUT2D eigenvalue weighted by Crippen LogP contribution is 2.31. The van der Waals surface area contributed by atoms with Crippen LogP contribution in [0.25, 0.3) is 0 Å². The number of hydrogen-bond donors (Lipinski definition) is 1. The highest BCUT2D eigenvalue weighted by Gasteiger charge is 2.36. The Bertz CT molecular complexity index is 413. The largest absolute Gasteiger partial charge is 0.573 e. The van der Waals surface area contributed by atoms with Gasteiger partial charge in [-0.2, -0.15) is 0 Å². The van der Waals surface area contributed by atoms with Crippen LogP contribution in [-0.2, 0) is 15.3 Å². The van der Waals surface area contributed by atoms with Crippen LogP contribution < -0.4 is 10.5 Å². The Balaban J connectivity index is 2.16. The van der Waals surface area contributed by atoms with Crippen LogP contribution in [-0.4, -0.2) is 26.1 Å². The Morgan fingerprint density at radius 3 is 2.21 bits per heavy atom. The third kappa shape index (κ3) is 3.37. The molecule has 2 rings (SSSR count). The van der Waals surface area contributed by atoms with Crippen molar-refractivity contribution in [3.05, 3.63) is 29.8 Å². The number of alkyl halides is 3. The van der Waals surface area contributed by atoms with Crippen LogP contribution in [0.1, 0.15) is 12.0 Å². The summed E-state index contributed by atoms with van der Waals surface area (Å²) in [5.41, 5.74) is 6.22. The van der Waals surface area contributed by atoms with Gasteiger partial charge in [0.05, 0.1) is 19.8 Å². The fraction of sp³-hybridized carbons (Fsp3) is 0.500. The molecule has 1 aliphatic rings. The van der Waals surface area contributed by atoms with E-state index in [2.05, 4.69) is 4.74 Å². The van der Waals surface area contributed by atoms with Gasteiger partial charge in [0, 0.05) is 5.56 Å². The van der Waals surface area contributed by atoms with Gasteiger partial charge in [-0.25, -0.2) is 0 Å². The lowest BCUT2D eigenvalue weighted by molar-refractivity contribution is -0.274. The van der Waals surface area contributed by atoms with E-state index in [4.69, 9.17) is 15.2 Å². The molecular weight excluding hydrogens is 263 g/mol. The molecule has 106 valence electrons. The Hall–Kier alpha value is -1.31. The Morgan fingerprint density at radius 1 is 1.16 bits per heavy atom. The van der Waals surface area contributed by atoms with Crippen LogP contribution in [0.15, 0.2) is 24.3 Å². The van der Waals surface area contributed by atoms with E-state index in [1.807, 2.05) is 0 Å². The molecule has 0 unspecified atom stereocenters. The normalized spacial score (nSPS) is 19.2. The monoisotopic (exact) mass is 277 g/mol. The SMILES string of the molecule is NCC1(c2ccc(OC(F)(F)F)cc2)OCCCO1. The Kier molecular flexibility index (Phi) is 3.98. The van der Waals surface area contributed by atoms with E-state index >= 15 is 0 Å². The maximum absolute atomic E-state index is 12.0. The predicted molar refractivity (Wildman–Crippen MR) is 60.4 cm³/mol. The molecule has 0 atom stereocenters. The summed E-state index contributed by atoms with van der Waals surface area (Å²) in [7, 11) is 0. The van der Waals surface area contributed by atoms with Gasteiger partial charge < -0.3 is 19.9 Å². The molecule has 19 heavy (non-hydrogen) atoms. The van der Waals surface area contributed by atoms with E-state index in [1.54, 1.807) is 0 Å². The fourth-order valence-electron chi connectivity index (χ4n) is 1.89. The van der Waals surface area contributed by atoms with Gasteiger partial charge in [-0.05, 0) is 30.7 Å². The molecule has 2 N–H and O–H groups in total. The maximum atomic E-state index is 12.0. The third-order valence-corrected chi connectivity index (χ3v) is 2.76. The summed E-state index contributed by atoms with van der Waals surface area (Å²) in [5, 5.41) is 0. The van der Waals surface area contributed by atoms with Crippen LogP contribution in [0.5, 0.6) is 5.75 Å². The predicted octanol–water partition coefficient (Wildman–Crippen LogP) is 2.13. The van der Waals surface area contributed by atoms with Crippen LogP contribution in [0, 0.1) is 0 Å². The lowest BCUT2D eigenvalue weighted by Gasteiger charge is -2.36. The lowest BCUT2D eigenvalue weighted by Crippen LogP contribution is -2.44. The topological polar surface area (TPSA) is 53.7 Å². The molecule has 0 aromatic heterocycles. The van der Waals surface area contributed by atoms with Crippen LogP contribution >= 0.6 is 0 Å². The number of ether oxygens (including phenoxy) is 3. The van der Waals surface area contributed by atoms with E-state index < -0.39 is 12.1 Å². The van der Waals surface area contributed by atoms with E-state index in [-0.39, 0.29) is 12.3 Å². The smallest absolute Gasteiger partial charge is 0.406 e. The van der Waals surface area contributed by atoms with Crippen molar-refractivity contribution in [3.8, 4) is 5.75 Å². The van der Waals surface area contributed by atoms with Crippen molar-refractivity contribution in [3.63, 3.8) is 0 Å². The van der Waals surface area contributed by atoms with Crippen LogP contribution in [0.2, 0.25) is 0 Å². The van der Waals surface area contributed by atoms with Crippen LogP contribution in [0.3, 0.4) is 0 Å². The van der Waals surface area contributed by atoms with Gasteiger partial charge in [-0.15, -0.1) is 13.2 Å².